The minimum absolute atomic E-state index is 0.0714. The molecule has 0 aliphatic rings. The van der Waals surface area contributed by atoms with Crippen LogP contribution in [0.1, 0.15) is 56.8 Å². The molecule has 204 valence electrons. The number of nitrogens with two attached hydrogens (primary N) is 1. The zero-order chi connectivity index (χ0) is 28.6. The van der Waals surface area contributed by atoms with Crippen LogP contribution in [0.4, 0.5) is 10.5 Å². The van der Waals surface area contributed by atoms with Crippen molar-refractivity contribution in [2.75, 3.05) is 11.9 Å². The summed E-state index contributed by atoms with van der Waals surface area (Å²) in [6, 6.07) is 9.69. The number of hydrogen-bond acceptors (Lipinski definition) is 5. The zero-order valence-electron chi connectivity index (χ0n) is 22.3. The number of carbonyl (C=O) groups is 4. The summed E-state index contributed by atoms with van der Waals surface area (Å²) in [6.45, 7) is 12.3. The third-order valence-corrected chi connectivity index (χ3v) is 5.83. The molecule has 4 amide bonds. The van der Waals surface area contributed by atoms with Gasteiger partial charge in [-0.3, -0.25) is 14.4 Å². The summed E-state index contributed by atoms with van der Waals surface area (Å²) < 4.78 is 5.26. The van der Waals surface area contributed by atoms with Gasteiger partial charge in [0.15, 0.2) is 0 Å². The van der Waals surface area contributed by atoms with Gasteiger partial charge in [0, 0.05) is 6.54 Å². The number of nitrogens with one attached hydrogen (secondary N) is 2. The summed E-state index contributed by atoms with van der Waals surface area (Å²) in [5, 5.41) is 5.61. The number of benzene rings is 2. The van der Waals surface area contributed by atoms with Crippen LogP contribution in [0.2, 0.25) is 5.02 Å². The minimum atomic E-state index is -1.36. The number of nitrogens with zero attached hydrogens (tertiary/aromatic N) is 1. The van der Waals surface area contributed by atoms with Crippen molar-refractivity contribution in [2.24, 2.45) is 5.73 Å². The molecule has 0 aliphatic heterocycles. The molecule has 0 saturated carbocycles. The maximum Gasteiger partial charge on any atom is 0.408 e. The van der Waals surface area contributed by atoms with Crippen molar-refractivity contribution in [2.45, 2.75) is 58.7 Å². The number of aryl methyl sites for hydroxylation is 1. The van der Waals surface area contributed by atoms with E-state index < -0.39 is 47.9 Å². The van der Waals surface area contributed by atoms with E-state index in [1.165, 1.54) is 4.90 Å². The molecule has 0 radical (unpaired) electrons. The topological polar surface area (TPSA) is 131 Å². The lowest BCUT2D eigenvalue weighted by atomic mass is 9.99. The summed E-state index contributed by atoms with van der Waals surface area (Å²) in [7, 11) is 0. The first-order valence-electron chi connectivity index (χ1n) is 12.1. The molecule has 0 heterocycles. The summed E-state index contributed by atoms with van der Waals surface area (Å²) >= 11 is 6.34. The van der Waals surface area contributed by atoms with Gasteiger partial charge in [0.2, 0.25) is 11.8 Å². The monoisotopic (exact) mass is 542 g/mol. The van der Waals surface area contributed by atoms with Gasteiger partial charge in [-0.25, -0.2) is 4.79 Å². The summed E-state index contributed by atoms with van der Waals surface area (Å²) in [6.07, 6.45) is 0.239. The number of halogens is 1. The van der Waals surface area contributed by atoms with E-state index in [9.17, 15) is 19.2 Å². The fourth-order valence-corrected chi connectivity index (χ4v) is 4.10. The Bertz CT molecular complexity index is 1190. The molecule has 0 fully saturated rings. The van der Waals surface area contributed by atoms with Crippen LogP contribution >= 0.6 is 11.6 Å². The van der Waals surface area contributed by atoms with Gasteiger partial charge in [-0.2, -0.15) is 0 Å². The number of ether oxygens (including phenoxy) is 1. The molecule has 0 aromatic heterocycles. The Kier molecular flexibility index (Phi) is 10.5. The number of likely N-dealkylation sites (N-methyl/N-ethyl adjacent to an activating group) is 1. The van der Waals surface area contributed by atoms with Gasteiger partial charge < -0.3 is 26.0 Å². The second kappa shape index (κ2) is 13.1. The number of rotatable bonds is 10. The molecule has 2 aromatic rings. The third kappa shape index (κ3) is 8.34. The number of anilines is 1. The second-order valence-electron chi connectivity index (χ2n) is 9.69. The van der Waals surface area contributed by atoms with Crippen molar-refractivity contribution in [1.29, 1.82) is 0 Å². The van der Waals surface area contributed by atoms with E-state index in [2.05, 4.69) is 17.2 Å². The SMILES string of the molecule is C=Cc1cccc(C(C(=O)Nc2c(C)cccc2Cl)N(CC)C(=O)C(CC(N)=O)NC(=O)OC(C)(C)C)c1. The Hall–Kier alpha value is -3.85. The molecule has 10 heteroatoms. The lowest BCUT2D eigenvalue weighted by molar-refractivity contribution is -0.141. The Morgan fingerprint density at radius 1 is 1.16 bits per heavy atom. The number of para-hydroxylation sites is 1. The molecule has 4 N–H and O–H groups in total. The van der Waals surface area contributed by atoms with Crippen molar-refractivity contribution in [3.05, 3.63) is 70.8 Å². The maximum absolute atomic E-state index is 13.8. The number of primary amides is 1. The van der Waals surface area contributed by atoms with Crippen LogP contribution in [0.5, 0.6) is 0 Å². The van der Waals surface area contributed by atoms with Crippen LogP contribution in [0.3, 0.4) is 0 Å². The molecule has 0 aliphatic carbocycles. The highest BCUT2D eigenvalue weighted by Gasteiger charge is 2.36. The van der Waals surface area contributed by atoms with Crippen molar-refractivity contribution < 1.29 is 23.9 Å². The van der Waals surface area contributed by atoms with E-state index in [0.717, 1.165) is 11.1 Å². The van der Waals surface area contributed by atoms with E-state index in [0.29, 0.717) is 16.3 Å². The Morgan fingerprint density at radius 3 is 2.37 bits per heavy atom. The Balaban J connectivity index is 2.54. The molecule has 2 aromatic carbocycles. The van der Waals surface area contributed by atoms with Gasteiger partial charge in [0.05, 0.1) is 17.1 Å². The van der Waals surface area contributed by atoms with Crippen LogP contribution in [0.15, 0.2) is 49.0 Å². The van der Waals surface area contributed by atoms with Crippen molar-refractivity contribution in [3.63, 3.8) is 0 Å². The molecule has 38 heavy (non-hydrogen) atoms. The number of hydrogen-bond donors (Lipinski definition) is 3. The summed E-state index contributed by atoms with van der Waals surface area (Å²) in [5.74, 6) is -2.03. The molecule has 0 saturated heterocycles. The van der Waals surface area contributed by atoms with Crippen molar-refractivity contribution >= 4 is 47.2 Å². The first-order chi connectivity index (χ1) is 17.8. The summed E-state index contributed by atoms with van der Waals surface area (Å²) in [5.41, 5.74) is 6.92. The Morgan fingerprint density at radius 2 is 1.82 bits per heavy atom. The highest BCUT2D eigenvalue weighted by atomic mass is 35.5. The smallest absolute Gasteiger partial charge is 0.408 e. The maximum atomic E-state index is 13.8. The highest BCUT2D eigenvalue weighted by molar-refractivity contribution is 6.34. The van der Waals surface area contributed by atoms with Gasteiger partial charge in [-0.05, 0) is 63.4 Å². The Labute approximate surface area is 228 Å². The molecular formula is C28H35ClN4O5. The second-order valence-corrected chi connectivity index (χ2v) is 10.1. The standard InChI is InChI=1S/C28H35ClN4O5/c1-7-18-12-10-13-19(15-18)24(25(35)32-23-17(3)11-9-14-20(23)29)33(8-2)26(36)21(16-22(30)34)31-27(37)38-28(4,5)6/h7,9-15,21,24H,1,8,16H2,2-6H3,(H2,30,34)(H,31,37)(H,32,35). The third-order valence-electron chi connectivity index (χ3n) is 5.51. The molecule has 9 nitrogen and oxygen atoms in total. The van der Waals surface area contributed by atoms with Crippen molar-refractivity contribution in [1.82, 2.24) is 10.2 Å². The molecule has 0 bridgehead atoms. The molecule has 2 unspecified atom stereocenters. The van der Waals surface area contributed by atoms with E-state index in [4.69, 9.17) is 22.1 Å². The van der Waals surface area contributed by atoms with E-state index in [-0.39, 0.29) is 6.54 Å². The van der Waals surface area contributed by atoms with Crippen molar-refractivity contribution in [3.8, 4) is 0 Å². The predicted molar refractivity (Wildman–Crippen MR) is 148 cm³/mol. The van der Waals surface area contributed by atoms with Gasteiger partial charge in [0.1, 0.15) is 17.7 Å². The van der Waals surface area contributed by atoms with Gasteiger partial charge in [0.25, 0.3) is 5.91 Å². The van der Waals surface area contributed by atoms with Crippen LogP contribution in [0.25, 0.3) is 6.08 Å². The fraction of sp³-hybridized carbons (Fsp3) is 0.357. The van der Waals surface area contributed by atoms with Gasteiger partial charge in [-0.15, -0.1) is 0 Å². The fourth-order valence-electron chi connectivity index (χ4n) is 3.83. The largest absolute Gasteiger partial charge is 0.444 e. The highest BCUT2D eigenvalue weighted by Crippen LogP contribution is 2.30. The predicted octanol–water partition coefficient (Wildman–Crippen LogP) is 4.59. The summed E-state index contributed by atoms with van der Waals surface area (Å²) in [4.78, 5) is 53.1. The zero-order valence-corrected chi connectivity index (χ0v) is 23.1. The lowest BCUT2D eigenvalue weighted by Gasteiger charge is -2.33. The average Bonchev–Trinajstić information content (AvgIpc) is 2.82. The minimum Gasteiger partial charge on any atom is -0.444 e. The van der Waals surface area contributed by atoms with Crippen LogP contribution < -0.4 is 16.4 Å². The lowest BCUT2D eigenvalue weighted by Crippen LogP contribution is -2.53. The molecule has 2 rings (SSSR count). The number of carbonyl (C=O) groups excluding carboxylic acids is 4. The normalized spacial score (nSPS) is 12.6. The number of amides is 4. The number of alkyl carbamates (subject to hydrolysis) is 1. The van der Waals surface area contributed by atoms with E-state index in [1.54, 1.807) is 77.1 Å². The molecular weight excluding hydrogens is 508 g/mol. The van der Waals surface area contributed by atoms with E-state index in [1.807, 2.05) is 6.07 Å². The molecule has 2 atom stereocenters. The van der Waals surface area contributed by atoms with Crippen LogP contribution in [0, 0.1) is 6.92 Å². The molecule has 0 spiro atoms. The first kappa shape index (κ1) is 30.4. The quantitative estimate of drug-likeness (QED) is 0.404. The van der Waals surface area contributed by atoms with Gasteiger partial charge >= 0.3 is 6.09 Å². The van der Waals surface area contributed by atoms with Crippen LogP contribution in [-0.4, -0.2) is 46.9 Å². The first-order valence-corrected chi connectivity index (χ1v) is 12.5. The van der Waals surface area contributed by atoms with E-state index >= 15 is 0 Å². The van der Waals surface area contributed by atoms with Crippen LogP contribution in [-0.2, 0) is 19.1 Å². The van der Waals surface area contributed by atoms with Gasteiger partial charge in [-0.1, -0.05) is 54.6 Å². The average molecular weight is 543 g/mol.